The molecule has 2 aliphatic heterocycles. The molecule has 1 aromatic rings. The fraction of sp³-hybridized carbons (Fsp3) is 0.714. The Morgan fingerprint density at radius 3 is 2.79 bits per heavy atom. The maximum atomic E-state index is 12.2. The Bertz CT molecular complexity index is 991. The Labute approximate surface area is 170 Å². The number of rotatable bonds is 4. The van der Waals surface area contributed by atoms with Crippen molar-refractivity contribution in [2.24, 2.45) is 5.92 Å². The SMILES string of the molecule is CS(=O)(=O)O[C@@H]1CC[C@@]2(O)[C@H]3Cc4ccc(O)c5c4[C@@]2(CCN3CC2CC2)[C@H]1O5. The number of aliphatic hydroxyl groups is 1. The largest absolute Gasteiger partial charge is 0.504 e. The van der Waals surface area contributed by atoms with Crippen LogP contribution in [0.4, 0.5) is 0 Å². The van der Waals surface area contributed by atoms with Crippen LogP contribution in [-0.2, 0) is 26.1 Å². The van der Waals surface area contributed by atoms with Crippen LogP contribution in [-0.4, -0.2) is 66.7 Å². The standard InChI is InChI=1S/C21H27NO6S/c1-29(25,26)28-15-6-7-21(24)16-10-13-4-5-14(23)18-17(13)20(21,19(15)27-18)8-9-22(16)11-12-2-3-12/h4-5,12,15-16,19,23-24H,2-3,6-11H2,1H3/t15-,16-,19+,20+,21-/m1/s1. The highest BCUT2D eigenvalue weighted by Gasteiger charge is 2.73. The van der Waals surface area contributed by atoms with Gasteiger partial charge in [0.2, 0.25) is 0 Å². The molecular weight excluding hydrogens is 394 g/mol. The van der Waals surface area contributed by atoms with Gasteiger partial charge in [0.05, 0.1) is 17.3 Å². The highest BCUT2D eigenvalue weighted by Crippen LogP contribution is 2.65. The summed E-state index contributed by atoms with van der Waals surface area (Å²) < 4.78 is 35.5. The van der Waals surface area contributed by atoms with Gasteiger partial charge in [0, 0.05) is 18.2 Å². The van der Waals surface area contributed by atoms with Crippen molar-refractivity contribution >= 4 is 10.1 Å². The zero-order valence-electron chi connectivity index (χ0n) is 16.5. The quantitative estimate of drug-likeness (QED) is 0.708. The molecule has 2 bridgehead atoms. The first kappa shape index (κ1) is 18.4. The summed E-state index contributed by atoms with van der Waals surface area (Å²) in [6, 6.07) is 3.57. The van der Waals surface area contributed by atoms with Crippen molar-refractivity contribution in [2.45, 2.75) is 67.8 Å². The molecule has 7 nitrogen and oxygen atoms in total. The molecule has 1 saturated heterocycles. The smallest absolute Gasteiger partial charge is 0.264 e. The third-order valence-electron chi connectivity index (χ3n) is 8.01. The summed E-state index contributed by atoms with van der Waals surface area (Å²) in [5.74, 6) is 1.18. The summed E-state index contributed by atoms with van der Waals surface area (Å²) in [5.41, 5.74) is 0.214. The minimum atomic E-state index is -3.67. The molecule has 1 aromatic carbocycles. The van der Waals surface area contributed by atoms with E-state index >= 15 is 0 Å². The lowest BCUT2D eigenvalue weighted by atomic mass is 9.48. The van der Waals surface area contributed by atoms with E-state index in [1.807, 2.05) is 6.07 Å². The van der Waals surface area contributed by atoms with Gasteiger partial charge < -0.3 is 14.9 Å². The van der Waals surface area contributed by atoms with Crippen LogP contribution < -0.4 is 4.74 Å². The molecule has 5 aliphatic rings. The first-order valence-electron chi connectivity index (χ1n) is 10.6. The number of ether oxygens (including phenoxy) is 1. The molecule has 2 N–H and O–H groups in total. The van der Waals surface area contributed by atoms with Crippen LogP contribution in [0.15, 0.2) is 12.1 Å². The summed E-state index contributed by atoms with van der Waals surface area (Å²) in [5, 5.41) is 22.7. The number of nitrogens with zero attached hydrogens (tertiary/aromatic N) is 1. The average molecular weight is 422 g/mol. The monoisotopic (exact) mass is 421 g/mol. The van der Waals surface area contributed by atoms with Crippen molar-refractivity contribution in [3.8, 4) is 11.5 Å². The second-order valence-electron chi connectivity index (χ2n) is 9.67. The first-order chi connectivity index (χ1) is 13.7. The zero-order chi connectivity index (χ0) is 20.2. The fourth-order valence-corrected chi connectivity index (χ4v) is 7.41. The normalized spacial score (nSPS) is 40.4. The van der Waals surface area contributed by atoms with Crippen LogP contribution in [0.2, 0.25) is 0 Å². The molecule has 3 aliphatic carbocycles. The molecule has 6 rings (SSSR count). The zero-order valence-corrected chi connectivity index (χ0v) is 17.3. The summed E-state index contributed by atoms with van der Waals surface area (Å²) in [7, 11) is -3.67. The molecule has 1 spiro atoms. The number of phenols is 1. The van der Waals surface area contributed by atoms with E-state index in [0.717, 1.165) is 42.8 Å². The first-order valence-corrected chi connectivity index (χ1v) is 12.4. The molecule has 0 aromatic heterocycles. The van der Waals surface area contributed by atoms with E-state index in [2.05, 4.69) is 4.90 Å². The van der Waals surface area contributed by atoms with Crippen LogP contribution >= 0.6 is 0 Å². The van der Waals surface area contributed by atoms with E-state index in [9.17, 15) is 18.6 Å². The van der Waals surface area contributed by atoms with Crippen molar-refractivity contribution in [1.82, 2.24) is 4.90 Å². The van der Waals surface area contributed by atoms with Crippen molar-refractivity contribution < 1.29 is 27.6 Å². The lowest BCUT2D eigenvalue weighted by Crippen LogP contribution is -2.77. The molecule has 0 amide bonds. The van der Waals surface area contributed by atoms with Gasteiger partial charge >= 0.3 is 0 Å². The number of likely N-dealkylation sites (tertiary alicyclic amines) is 1. The molecule has 158 valence electrons. The van der Waals surface area contributed by atoms with Gasteiger partial charge in [-0.2, -0.15) is 8.42 Å². The van der Waals surface area contributed by atoms with Gasteiger partial charge in [-0.1, -0.05) is 6.07 Å². The Balaban J connectivity index is 1.51. The molecule has 29 heavy (non-hydrogen) atoms. The van der Waals surface area contributed by atoms with Gasteiger partial charge in [0.25, 0.3) is 10.1 Å². The molecule has 0 radical (unpaired) electrons. The average Bonchev–Trinajstić information content (AvgIpc) is 3.37. The van der Waals surface area contributed by atoms with Gasteiger partial charge in [-0.05, 0) is 62.6 Å². The van der Waals surface area contributed by atoms with Crippen LogP contribution in [0.1, 0.15) is 43.2 Å². The molecular formula is C21H27NO6S. The van der Waals surface area contributed by atoms with E-state index < -0.39 is 33.3 Å². The van der Waals surface area contributed by atoms with Crippen LogP contribution in [0.3, 0.4) is 0 Å². The van der Waals surface area contributed by atoms with Crippen LogP contribution in [0, 0.1) is 5.92 Å². The minimum absolute atomic E-state index is 0.0230. The van der Waals surface area contributed by atoms with Gasteiger partial charge in [0.1, 0.15) is 12.2 Å². The predicted molar refractivity (Wildman–Crippen MR) is 105 cm³/mol. The number of aromatic hydroxyl groups is 1. The number of benzene rings is 1. The van der Waals surface area contributed by atoms with Gasteiger partial charge in [0.15, 0.2) is 11.5 Å². The van der Waals surface area contributed by atoms with Crippen molar-refractivity contribution in [1.29, 1.82) is 0 Å². The summed E-state index contributed by atoms with van der Waals surface area (Å²) >= 11 is 0. The highest BCUT2D eigenvalue weighted by molar-refractivity contribution is 7.86. The number of phenolic OH excluding ortho intramolecular Hbond substituents is 1. The van der Waals surface area contributed by atoms with Crippen LogP contribution in [0.5, 0.6) is 11.5 Å². The van der Waals surface area contributed by atoms with Crippen LogP contribution in [0.25, 0.3) is 0 Å². The molecule has 2 saturated carbocycles. The van der Waals surface area contributed by atoms with Gasteiger partial charge in [-0.3, -0.25) is 9.08 Å². The van der Waals surface area contributed by atoms with Crippen molar-refractivity contribution in [3.63, 3.8) is 0 Å². The van der Waals surface area contributed by atoms with E-state index in [1.165, 1.54) is 12.8 Å². The number of hydrogen-bond donors (Lipinski definition) is 2. The Morgan fingerprint density at radius 1 is 1.28 bits per heavy atom. The maximum Gasteiger partial charge on any atom is 0.264 e. The van der Waals surface area contributed by atoms with Crippen molar-refractivity contribution in [3.05, 3.63) is 23.3 Å². The van der Waals surface area contributed by atoms with E-state index in [1.54, 1.807) is 6.07 Å². The van der Waals surface area contributed by atoms with Crippen molar-refractivity contribution in [2.75, 3.05) is 19.3 Å². The van der Waals surface area contributed by atoms with E-state index in [4.69, 9.17) is 8.92 Å². The van der Waals surface area contributed by atoms with Gasteiger partial charge in [-0.25, -0.2) is 0 Å². The summed E-state index contributed by atoms with van der Waals surface area (Å²) in [4.78, 5) is 2.45. The molecule has 5 atom stereocenters. The summed E-state index contributed by atoms with van der Waals surface area (Å²) in [6.07, 6.45) is 4.56. The third kappa shape index (κ3) is 2.37. The van der Waals surface area contributed by atoms with E-state index in [-0.39, 0.29) is 11.8 Å². The molecule has 2 heterocycles. The predicted octanol–water partition coefficient (Wildman–Crippen LogP) is 1.30. The highest BCUT2D eigenvalue weighted by atomic mass is 32.2. The Hall–Kier alpha value is -1.35. The summed E-state index contributed by atoms with van der Waals surface area (Å²) in [6.45, 7) is 1.85. The molecule has 0 unspecified atom stereocenters. The number of hydrogen-bond acceptors (Lipinski definition) is 7. The second kappa shape index (κ2) is 5.66. The molecule has 8 heteroatoms. The fourth-order valence-electron chi connectivity index (χ4n) is 6.76. The second-order valence-corrected chi connectivity index (χ2v) is 11.3. The topological polar surface area (TPSA) is 96.3 Å². The van der Waals surface area contributed by atoms with E-state index in [0.29, 0.717) is 25.0 Å². The number of piperidine rings is 1. The third-order valence-corrected chi connectivity index (χ3v) is 8.60. The van der Waals surface area contributed by atoms with Gasteiger partial charge in [-0.15, -0.1) is 0 Å². The lowest BCUT2D eigenvalue weighted by Gasteiger charge is -2.64. The Kier molecular flexibility index (Phi) is 3.60. The Morgan fingerprint density at radius 2 is 2.07 bits per heavy atom. The lowest BCUT2D eigenvalue weighted by molar-refractivity contribution is -0.204. The molecule has 3 fully saturated rings. The maximum absolute atomic E-state index is 12.2. The minimum Gasteiger partial charge on any atom is -0.504 e.